The molecule has 15 heteroatoms. The molecule has 0 aromatic rings. The number of hydrogen-bond acceptors (Lipinski definition) is 15. The molecule has 57 heavy (non-hydrogen) atoms. The van der Waals surface area contributed by atoms with E-state index < -0.39 is 126 Å². The molecule has 10 N–H and O–H groups in total. The van der Waals surface area contributed by atoms with Crippen LogP contribution in [-0.4, -0.2) is 161 Å². The maximum atomic E-state index is 12.4. The van der Waals surface area contributed by atoms with Crippen molar-refractivity contribution >= 4 is 0 Å². The van der Waals surface area contributed by atoms with E-state index in [0.717, 1.165) is 25.7 Å². The van der Waals surface area contributed by atoms with Gasteiger partial charge in [0.2, 0.25) is 0 Å². The highest BCUT2D eigenvalue weighted by molar-refractivity contribution is 5.22. The molecule has 12 unspecified atom stereocenters. The fourth-order valence-corrected chi connectivity index (χ4v) is 14.1. The Morgan fingerprint density at radius 2 is 1.30 bits per heavy atom. The predicted octanol–water partition coefficient (Wildman–Crippen LogP) is 0.331. The summed E-state index contributed by atoms with van der Waals surface area (Å²) in [6.45, 7) is 15.3. The SMILES string of the molecule is CC(C)(O)C1CCC(C)(C2CCC3(C)C2C(O)CC2C4(C)CCC(O)C(C)(C)C4C(O[C@@H]4O[C@H](CO)[C@@H](O)[C@@H](O)[C@H]4O[C@@H]4O[C@H](CO)[C@@H](O)[C@H](O)[C@H]4O)CC23C)O1. The topological polar surface area (TPSA) is 248 Å². The van der Waals surface area contributed by atoms with Crippen LogP contribution in [0, 0.1) is 45.3 Å². The highest BCUT2D eigenvalue weighted by Gasteiger charge is 2.74. The quantitative estimate of drug-likeness (QED) is 0.148. The molecule has 0 amide bonds. The molecular weight excluding hydrogens is 744 g/mol. The molecule has 0 radical (unpaired) electrons. The Bertz CT molecular complexity index is 1440. The van der Waals surface area contributed by atoms with Gasteiger partial charge < -0.3 is 74.7 Å². The molecule has 15 nitrogen and oxygen atoms in total. The van der Waals surface area contributed by atoms with Crippen molar-refractivity contribution in [2.45, 2.75) is 204 Å². The summed E-state index contributed by atoms with van der Waals surface area (Å²) >= 11 is 0. The molecule has 7 fully saturated rings. The Hall–Kier alpha value is -0.600. The first-order chi connectivity index (χ1) is 26.4. The maximum Gasteiger partial charge on any atom is 0.187 e. The summed E-state index contributed by atoms with van der Waals surface area (Å²) in [5.41, 5.74) is -3.49. The lowest BCUT2D eigenvalue weighted by atomic mass is 9.34. The van der Waals surface area contributed by atoms with Gasteiger partial charge in [0.15, 0.2) is 12.6 Å². The van der Waals surface area contributed by atoms with Gasteiger partial charge in [-0.1, -0.05) is 34.6 Å². The van der Waals surface area contributed by atoms with Crippen molar-refractivity contribution in [2.24, 2.45) is 45.3 Å². The second-order valence-corrected chi connectivity index (χ2v) is 21.2. The number of rotatable bonds is 8. The Morgan fingerprint density at radius 3 is 1.89 bits per heavy atom. The van der Waals surface area contributed by atoms with E-state index in [4.69, 9.17) is 23.7 Å². The van der Waals surface area contributed by atoms with E-state index >= 15 is 0 Å². The molecule has 4 aliphatic carbocycles. The van der Waals surface area contributed by atoms with Crippen LogP contribution in [0.5, 0.6) is 0 Å². The minimum absolute atomic E-state index is 0.0316. The Labute approximate surface area is 336 Å². The van der Waals surface area contributed by atoms with Gasteiger partial charge in [0.1, 0.15) is 48.8 Å². The van der Waals surface area contributed by atoms with E-state index in [1.807, 2.05) is 13.8 Å². The summed E-state index contributed by atoms with van der Waals surface area (Å²) in [6, 6.07) is 0. The van der Waals surface area contributed by atoms with E-state index in [0.29, 0.717) is 25.7 Å². The van der Waals surface area contributed by atoms with Crippen LogP contribution < -0.4 is 0 Å². The molecule has 0 aromatic carbocycles. The molecule has 22 atom stereocenters. The fraction of sp³-hybridized carbons (Fsp3) is 1.00. The Morgan fingerprint density at radius 1 is 0.684 bits per heavy atom. The molecule has 0 bridgehead atoms. The second-order valence-electron chi connectivity index (χ2n) is 21.2. The number of aliphatic hydroxyl groups is 10. The smallest absolute Gasteiger partial charge is 0.187 e. The minimum atomic E-state index is -1.81. The lowest BCUT2D eigenvalue weighted by Crippen LogP contribution is -2.71. The summed E-state index contributed by atoms with van der Waals surface area (Å²) in [4.78, 5) is 0. The van der Waals surface area contributed by atoms with Crippen LogP contribution in [0.25, 0.3) is 0 Å². The van der Waals surface area contributed by atoms with Gasteiger partial charge in [0, 0.05) is 0 Å². The lowest BCUT2D eigenvalue weighted by Gasteiger charge is -2.72. The zero-order valence-electron chi connectivity index (χ0n) is 35.0. The van der Waals surface area contributed by atoms with E-state index in [9.17, 15) is 51.1 Å². The third kappa shape index (κ3) is 6.80. The lowest BCUT2D eigenvalue weighted by molar-refractivity contribution is -0.383. The highest BCUT2D eigenvalue weighted by atomic mass is 16.8. The van der Waals surface area contributed by atoms with Crippen LogP contribution in [0.3, 0.4) is 0 Å². The Balaban J connectivity index is 1.26. The van der Waals surface area contributed by atoms with Crippen molar-refractivity contribution in [3.63, 3.8) is 0 Å². The molecule has 4 saturated carbocycles. The van der Waals surface area contributed by atoms with Gasteiger partial charge in [-0.15, -0.1) is 0 Å². The van der Waals surface area contributed by atoms with Crippen molar-refractivity contribution in [2.75, 3.05) is 13.2 Å². The molecule has 7 aliphatic rings. The summed E-state index contributed by atoms with van der Waals surface area (Å²) in [6.07, 6.45) is -12.6. The summed E-state index contributed by atoms with van der Waals surface area (Å²) in [5, 5.41) is 109. The van der Waals surface area contributed by atoms with Crippen molar-refractivity contribution in [3.05, 3.63) is 0 Å². The van der Waals surface area contributed by atoms with Gasteiger partial charge in [0.25, 0.3) is 0 Å². The van der Waals surface area contributed by atoms with Crippen LogP contribution in [0.15, 0.2) is 0 Å². The molecule has 3 heterocycles. The summed E-state index contributed by atoms with van der Waals surface area (Å²) < 4.78 is 31.8. The molecule has 7 rings (SSSR count). The molecule has 0 aromatic heterocycles. The maximum absolute atomic E-state index is 12.4. The van der Waals surface area contributed by atoms with E-state index in [1.165, 1.54) is 0 Å². The van der Waals surface area contributed by atoms with Crippen LogP contribution in [-0.2, 0) is 23.7 Å². The average Bonchev–Trinajstić information content (AvgIpc) is 3.73. The van der Waals surface area contributed by atoms with Gasteiger partial charge in [0.05, 0.1) is 48.8 Å². The van der Waals surface area contributed by atoms with E-state index in [2.05, 4.69) is 27.7 Å². The second kappa shape index (κ2) is 15.0. The molecule has 3 saturated heterocycles. The molecular formula is C42H72O15. The van der Waals surface area contributed by atoms with Crippen molar-refractivity contribution < 1.29 is 74.7 Å². The zero-order chi connectivity index (χ0) is 42.0. The van der Waals surface area contributed by atoms with E-state index in [1.54, 1.807) is 13.8 Å². The van der Waals surface area contributed by atoms with Gasteiger partial charge in [-0.05, 0) is 117 Å². The van der Waals surface area contributed by atoms with Crippen molar-refractivity contribution in [1.82, 2.24) is 0 Å². The predicted molar refractivity (Wildman–Crippen MR) is 202 cm³/mol. The highest BCUT2D eigenvalue weighted by Crippen LogP contribution is 2.76. The van der Waals surface area contributed by atoms with Gasteiger partial charge in [-0.2, -0.15) is 0 Å². The van der Waals surface area contributed by atoms with Crippen LogP contribution >= 0.6 is 0 Å². The largest absolute Gasteiger partial charge is 0.394 e. The van der Waals surface area contributed by atoms with Crippen LogP contribution in [0.1, 0.15) is 107 Å². The summed E-state index contributed by atoms with van der Waals surface area (Å²) in [7, 11) is 0. The number of ether oxygens (including phenoxy) is 5. The fourth-order valence-electron chi connectivity index (χ4n) is 14.1. The monoisotopic (exact) mass is 816 g/mol. The number of aliphatic hydroxyl groups excluding tert-OH is 9. The number of fused-ring (bicyclic) bond motifs is 5. The van der Waals surface area contributed by atoms with Gasteiger partial charge >= 0.3 is 0 Å². The van der Waals surface area contributed by atoms with Gasteiger partial charge in [-0.25, -0.2) is 0 Å². The van der Waals surface area contributed by atoms with E-state index in [-0.39, 0.29) is 29.8 Å². The first-order valence-corrected chi connectivity index (χ1v) is 21.4. The third-order valence-corrected chi connectivity index (χ3v) is 17.4. The summed E-state index contributed by atoms with van der Waals surface area (Å²) in [5.74, 6) is -0.343. The minimum Gasteiger partial charge on any atom is -0.394 e. The van der Waals surface area contributed by atoms with Gasteiger partial charge in [-0.3, -0.25) is 0 Å². The molecule has 330 valence electrons. The number of hydrogen-bond donors (Lipinski definition) is 10. The normalized spacial score (nSPS) is 56.5. The first kappa shape index (κ1) is 44.5. The Kier molecular flexibility index (Phi) is 11.7. The standard InChI is InChI=1S/C42H72O15/c1-37(2)25(46)10-12-39(5)24-15-20(45)27-19(42(8)14-11-26(57-42)38(3,4)52)9-13-40(27,6)41(24,7)16-21(34(37)39)53-36-33(31(50)29(48)23(18-44)55-36)56-35-32(51)30(49)28(47)22(17-43)54-35/h19-36,43-52H,9-18H2,1-8H3/t19?,20?,21?,22-,23-,24?,25?,26?,27?,28-,29-,30+,31-,32-,33-,34?,35+,36-,39?,40?,41?,42?/m1/s1. The van der Waals surface area contributed by atoms with Crippen molar-refractivity contribution in [1.29, 1.82) is 0 Å². The first-order valence-electron chi connectivity index (χ1n) is 21.4. The molecule has 3 aliphatic heterocycles. The zero-order valence-corrected chi connectivity index (χ0v) is 35.0. The average molecular weight is 817 g/mol. The van der Waals surface area contributed by atoms with Crippen LogP contribution in [0.2, 0.25) is 0 Å². The third-order valence-electron chi connectivity index (χ3n) is 17.4. The molecule has 0 spiro atoms. The van der Waals surface area contributed by atoms with Crippen LogP contribution in [0.4, 0.5) is 0 Å². The van der Waals surface area contributed by atoms with Crippen molar-refractivity contribution in [3.8, 4) is 0 Å².